The first-order valence-electron chi connectivity index (χ1n) is 11.6. The Labute approximate surface area is 198 Å². The second-order valence-corrected chi connectivity index (χ2v) is 9.49. The number of hydrogen-bond acceptors (Lipinski definition) is 5. The largest absolute Gasteiger partial charge is 0.483 e. The summed E-state index contributed by atoms with van der Waals surface area (Å²) in [5, 5.41) is 21.7. The molecule has 2 N–H and O–H groups in total. The van der Waals surface area contributed by atoms with Gasteiger partial charge in [-0.3, -0.25) is 9.59 Å². The lowest BCUT2D eigenvalue weighted by Gasteiger charge is -2.45. The molecule has 2 heterocycles. The van der Waals surface area contributed by atoms with E-state index in [0.717, 1.165) is 5.56 Å². The lowest BCUT2D eigenvalue weighted by Crippen LogP contribution is -2.51. The average molecular weight is 471 g/mol. The molecule has 2 aromatic carbocycles. The van der Waals surface area contributed by atoms with Gasteiger partial charge >= 0.3 is 0 Å². The molecule has 0 saturated carbocycles. The molecule has 0 aliphatic carbocycles. The third kappa shape index (κ3) is 5.39. The summed E-state index contributed by atoms with van der Waals surface area (Å²) in [6.45, 7) is 1.16. The summed E-state index contributed by atoms with van der Waals surface area (Å²) in [5.41, 5.74) is 0.705. The number of halogens is 1. The zero-order valence-corrected chi connectivity index (χ0v) is 19.3. The Bertz CT molecular complexity index is 1020. The first-order chi connectivity index (χ1) is 16.3. The summed E-state index contributed by atoms with van der Waals surface area (Å²) in [4.78, 5) is 29.0. The number of rotatable bonds is 1. The molecule has 182 valence electrons. The van der Waals surface area contributed by atoms with Gasteiger partial charge < -0.3 is 24.7 Å². The third-order valence-electron chi connectivity index (χ3n) is 7.04. The molecule has 0 radical (unpaired) electrons. The minimum atomic E-state index is -0.990. The minimum absolute atomic E-state index is 0.114. The average Bonchev–Trinajstić information content (AvgIpc) is 2.83. The van der Waals surface area contributed by atoms with E-state index in [-0.39, 0.29) is 24.8 Å². The fraction of sp³-hybridized carbons (Fsp3) is 0.462. The van der Waals surface area contributed by atoms with E-state index in [9.17, 15) is 24.2 Å². The second kappa shape index (κ2) is 10.1. The number of fused-ring (bicyclic) bond motifs is 1. The maximum atomic E-state index is 13.2. The molecule has 7 nitrogen and oxygen atoms in total. The summed E-state index contributed by atoms with van der Waals surface area (Å²) in [7, 11) is 1.71. The van der Waals surface area contributed by atoms with E-state index >= 15 is 0 Å². The number of carbonyl (C=O) groups is 2. The van der Waals surface area contributed by atoms with Gasteiger partial charge in [0.2, 0.25) is 0 Å². The Morgan fingerprint density at radius 3 is 2.44 bits per heavy atom. The highest BCUT2D eigenvalue weighted by Crippen LogP contribution is 2.39. The summed E-state index contributed by atoms with van der Waals surface area (Å²) >= 11 is 0. The van der Waals surface area contributed by atoms with E-state index in [0.29, 0.717) is 50.2 Å². The molecule has 1 fully saturated rings. The van der Waals surface area contributed by atoms with Gasteiger partial charge in [-0.05, 0) is 60.6 Å². The molecular formula is C26H31FN2O5. The van der Waals surface area contributed by atoms with Crippen LogP contribution in [0.15, 0.2) is 48.5 Å². The lowest BCUT2D eigenvalue weighted by molar-refractivity contribution is -0.135. The standard InChI is InChI=1S/C26H31FN2O5/c1-28-17-26(10-12-29(13-11-26)25(33)18-6-8-20(27)9-7-18)15-22(31)21(30)14-19-4-2-3-5-23(19)34-16-24(28)32/h2-9,21-22,30-31H,10-17H2,1H3/t21-,22+/m0/s1. The van der Waals surface area contributed by atoms with Crippen LogP contribution < -0.4 is 4.74 Å². The number of hydrogen-bond donors (Lipinski definition) is 2. The number of para-hydroxylation sites is 1. The van der Waals surface area contributed by atoms with Crippen LogP contribution in [0.5, 0.6) is 5.75 Å². The maximum absolute atomic E-state index is 13.2. The summed E-state index contributed by atoms with van der Waals surface area (Å²) < 4.78 is 19.0. The zero-order valence-electron chi connectivity index (χ0n) is 19.3. The van der Waals surface area contributed by atoms with Crippen molar-refractivity contribution in [2.45, 2.75) is 37.9 Å². The second-order valence-electron chi connectivity index (χ2n) is 9.49. The van der Waals surface area contributed by atoms with Crippen molar-refractivity contribution >= 4 is 11.8 Å². The Morgan fingerprint density at radius 2 is 1.74 bits per heavy atom. The smallest absolute Gasteiger partial charge is 0.260 e. The third-order valence-corrected chi connectivity index (χ3v) is 7.04. The molecular weight excluding hydrogens is 439 g/mol. The summed E-state index contributed by atoms with van der Waals surface area (Å²) in [6, 6.07) is 12.7. The molecule has 0 bridgehead atoms. The molecule has 2 aromatic rings. The molecule has 4 rings (SSSR count). The highest BCUT2D eigenvalue weighted by molar-refractivity contribution is 5.94. The number of piperidine rings is 1. The van der Waals surface area contributed by atoms with Crippen LogP contribution in [0.1, 0.15) is 35.2 Å². The molecule has 1 spiro atoms. The van der Waals surface area contributed by atoms with Crippen molar-refractivity contribution in [2.24, 2.45) is 5.41 Å². The predicted octanol–water partition coefficient (Wildman–Crippen LogP) is 2.25. The van der Waals surface area contributed by atoms with E-state index in [1.807, 2.05) is 12.1 Å². The molecule has 2 amide bonds. The van der Waals surface area contributed by atoms with Crippen molar-refractivity contribution in [2.75, 3.05) is 33.3 Å². The van der Waals surface area contributed by atoms with Crippen molar-refractivity contribution in [3.63, 3.8) is 0 Å². The number of carbonyl (C=O) groups excluding carboxylic acids is 2. The molecule has 0 unspecified atom stereocenters. The highest BCUT2D eigenvalue weighted by Gasteiger charge is 2.41. The first kappa shape index (κ1) is 24.2. The van der Waals surface area contributed by atoms with Gasteiger partial charge in [0, 0.05) is 38.7 Å². The zero-order chi connectivity index (χ0) is 24.3. The van der Waals surface area contributed by atoms with Gasteiger partial charge in [-0.1, -0.05) is 18.2 Å². The molecule has 2 aliphatic rings. The number of amides is 2. The molecule has 8 heteroatoms. The normalized spacial score (nSPS) is 23.5. The number of likely N-dealkylation sites (N-methyl/N-ethyl adjacent to an activating group) is 1. The van der Waals surface area contributed by atoms with E-state index in [4.69, 9.17) is 4.74 Å². The van der Waals surface area contributed by atoms with Crippen LogP contribution in [0.2, 0.25) is 0 Å². The van der Waals surface area contributed by atoms with Crippen molar-refractivity contribution < 1.29 is 28.9 Å². The highest BCUT2D eigenvalue weighted by atomic mass is 19.1. The quantitative estimate of drug-likeness (QED) is 0.667. The maximum Gasteiger partial charge on any atom is 0.260 e. The van der Waals surface area contributed by atoms with Crippen LogP contribution in [0.25, 0.3) is 0 Å². The Hall–Kier alpha value is -2.97. The van der Waals surface area contributed by atoms with Crippen molar-refractivity contribution in [3.05, 3.63) is 65.5 Å². The molecule has 0 aromatic heterocycles. The van der Waals surface area contributed by atoms with E-state index in [1.54, 1.807) is 29.0 Å². The number of nitrogens with zero attached hydrogens (tertiary/aromatic N) is 2. The summed E-state index contributed by atoms with van der Waals surface area (Å²) in [5.74, 6) is -0.208. The fourth-order valence-electron chi connectivity index (χ4n) is 4.98. The number of likely N-dealkylation sites (tertiary alicyclic amines) is 1. The van der Waals surface area contributed by atoms with Gasteiger partial charge in [-0.25, -0.2) is 4.39 Å². The Balaban J connectivity index is 1.51. The van der Waals surface area contributed by atoms with E-state index in [2.05, 4.69) is 0 Å². The molecule has 1 saturated heterocycles. The van der Waals surface area contributed by atoms with Crippen molar-refractivity contribution in [3.8, 4) is 5.75 Å². The molecule has 2 atom stereocenters. The molecule has 2 aliphatic heterocycles. The SMILES string of the molecule is CN1CC2(CCN(C(=O)c3ccc(F)cc3)CC2)C[C@@H](O)[C@@H](O)Cc2ccccc2OCC1=O. The number of aliphatic hydroxyl groups excluding tert-OH is 2. The van der Waals surface area contributed by atoms with Gasteiger partial charge in [0.1, 0.15) is 11.6 Å². The van der Waals surface area contributed by atoms with E-state index in [1.165, 1.54) is 24.3 Å². The fourth-order valence-corrected chi connectivity index (χ4v) is 4.98. The van der Waals surface area contributed by atoms with Crippen LogP contribution in [0, 0.1) is 11.2 Å². The van der Waals surface area contributed by atoms with Gasteiger partial charge in [0.05, 0.1) is 12.2 Å². The van der Waals surface area contributed by atoms with Crippen LogP contribution in [-0.2, 0) is 11.2 Å². The minimum Gasteiger partial charge on any atom is -0.483 e. The lowest BCUT2D eigenvalue weighted by atomic mass is 9.72. The number of aliphatic hydroxyl groups is 2. The summed E-state index contributed by atoms with van der Waals surface area (Å²) in [6.07, 6.45) is -0.311. The topological polar surface area (TPSA) is 90.3 Å². The first-order valence-corrected chi connectivity index (χ1v) is 11.6. The van der Waals surface area contributed by atoms with Gasteiger partial charge in [-0.15, -0.1) is 0 Å². The van der Waals surface area contributed by atoms with Crippen LogP contribution in [0.4, 0.5) is 4.39 Å². The van der Waals surface area contributed by atoms with Crippen LogP contribution in [-0.4, -0.2) is 77.3 Å². The van der Waals surface area contributed by atoms with Crippen molar-refractivity contribution in [1.29, 1.82) is 0 Å². The van der Waals surface area contributed by atoms with Crippen molar-refractivity contribution in [1.82, 2.24) is 9.80 Å². The van der Waals surface area contributed by atoms with Crippen LogP contribution in [0.3, 0.4) is 0 Å². The van der Waals surface area contributed by atoms with Gasteiger partial charge in [0.25, 0.3) is 11.8 Å². The van der Waals surface area contributed by atoms with Gasteiger partial charge in [0.15, 0.2) is 6.61 Å². The van der Waals surface area contributed by atoms with Gasteiger partial charge in [-0.2, -0.15) is 0 Å². The number of ether oxygens (including phenoxy) is 1. The van der Waals surface area contributed by atoms with E-state index < -0.39 is 23.4 Å². The number of benzene rings is 2. The Morgan fingerprint density at radius 1 is 1.06 bits per heavy atom. The Kier molecular flexibility index (Phi) is 7.19. The monoisotopic (exact) mass is 470 g/mol. The predicted molar refractivity (Wildman–Crippen MR) is 124 cm³/mol. The van der Waals surface area contributed by atoms with Crippen LogP contribution >= 0.6 is 0 Å². The molecule has 34 heavy (non-hydrogen) atoms.